The van der Waals surface area contributed by atoms with E-state index in [-0.39, 0.29) is 5.91 Å². The van der Waals surface area contributed by atoms with Gasteiger partial charge in [0.1, 0.15) is 5.69 Å². The number of carbonyl (C=O) groups is 1. The Labute approximate surface area is 137 Å². The van der Waals surface area contributed by atoms with Crippen LogP contribution >= 0.6 is 0 Å². The minimum atomic E-state index is -0.00146. The lowest BCUT2D eigenvalue weighted by Crippen LogP contribution is -2.25. The quantitative estimate of drug-likeness (QED) is 0.828. The minimum Gasteiger partial charge on any atom is -0.381 e. The molecule has 23 heavy (non-hydrogen) atoms. The largest absolute Gasteiger partial charge is 0.381 e. The van der Waals surface area contributed by atoms with Crippen molar-refractivity contribution >= 4 is 16.8 Å². The Kier molecular flexibility index (Phi) is 4.71. The minimum absolute atomic E-state index is 0.00146. The van der Waals surface area contributed by atoms with Crippen LogP contribution in [0.1, 0.15) is 46.4 Å². The van der Waals surface area contributed by atoms with Gasteiger partial charge in [0.25, 0.3) is 5.91 Å². The zero-order valence-electron chi connectivity index (χ0n) is 14.3. The van der Waals surface area contributed by atoms with Gasteiger partial charge in [-0.2, -0.15) is 0 Å². The van der Waals surface area contributed by atoms with E-state index >= 15 is 0 Å². The molecule has 1 amide bonds. The molecule has 1 aromatic carbocycles. The van der Waals surface area contributed by atoms with Crippen LogP contribution in [0.3, 0.4) is 0 Å². The summed E-state index contributed by atoms with van der Waals surface area (Å²) in [5.74, 6) is 0.672. The number of aromatic amines is 1. The van der Waals surface area contributed by atoms with Gasteiger partial charge in [-0.15, -0.1) is 0 Å². The van der Waals surface area contributed by atoms with E-state index in [9.17, 15) is 4.79 Å². The van der Waals surface area contributed by atoms with Gasteiger partial charge in [0, 0.05) is 30.7 Å². The van der Waals surface area contributed by atoms with Crippen LogP contribution in [0.4, 0.5) is 0 Å². The first-order chi connectivity index (χ1) is 11.1. The second kappa shape index (κ2) is 6.75. The number of amides is 1. The second-order valence-electron chi connectivity index (χ2n) is 6.76. The topological polar surface area (TPSA) is 54.1 Å². The molecule has 2 aromatic rings. The highest BCUT2D eigenvalue weighted by molar-refractivity contribution is 6.01. The fourth-order valence-corrected chi connectivity index (χ4v) is 3.50. The summed E-state index contributed by atoms with van der Waals surface area (Å²) in [6.07, 6.45) is 3.30. The highest BCUT2D eigenvalue weighted by Gasteiger charge is 2.17. The molecule has 124 valence electrons. The SMILES string of the molecule is Cc1cc(C)c2[nH]c(C(=O)NCCCC3CCOC3)c(C)c2c1. The molecule has 1 aromatic heterocycles. The van der Waals surface area contributed by atoms with Crippen molar-refractivity contribution in [2.45, 2.75) is 40.0 Å². The molecule has 2 N–H and O–H groups in total. The van der Waals surface area contributed by atoms with Crippen molar-refractivity contribution in [1.29, 1.82) is 0 Å². The Bertz CT molecular complexity index is 712. The van der Waals surface area contributed by atoms with Crippen molar-refractivity contribution in [3.63, 3.8) is 0 Å². The van der Waals surface area contributed by atoms with E-state index in [1.165, 1.54) is 11.1 Å². The molecular weight excluding hydrogens is 288 g/mol. The number of aryl methyl sites for hydroxylation is 3. The van der Waals surface area contributed by atoms with Gasteiger partial charge < -0.3 is 15.0 Å². The van der Waals surface area contributed by atoms with Crippen molar-refractivity contribution in [2.75, 3.05) is 19.8 Å². The number of hydrogen-bond acceptors (Lipinski definition) is 2. The van der Waals surface area contributed by atoms with E-state index in [4.69, 9.17) is 4.74 Å². The number of nitrogens with one attached hydrogen (secondary N) is 2. The Morgan fingerprint density at radius 1 is 1.35 bits per heavy atom. The molecule has 0 spiro atoms. The van der Waals surface area contributed by atoms with Gasteiger partial charge in [-0.3, -0.25) is 4.79 Å². The first-order valence-electron chi connectivity index (χ1n) is 8.51. The first-order valence-corrected chi connectivity index (χ1v) is 8.51. The van der Waals surface area contributed by atoms with Crippen LogP contribution in [0.15, 0.2) is 12.1 Å². The Morgan fingerprint density at radius 3 is 2.91 bits per heavy atom. The predicted octanol–water partition coefficient (Wildman–Crippen LogP) is 3.64. The summed E-state index contributed by atoms with van der Waals surface area (Å²) < 4.78 is 5.38. The van der Waals surface area contributed by atoms with E-state index in [0.717, 1.165) is 55.5 Å². The standard InChI is InChI=1S/C19H26N2O2/c1-12-9-13(2)17-16(10-12)14(3)18(21-17)19(22)20-7-4-5-15-6-8-23-11-15/h9-10,15,21H,4-8,11H2,1-3H3,(H,20,22). The Hall–Kier alpha value is -1.81. The van der Waals surface area contributed by atoms with E-state index in [1.54, 1.807) is 0 Å². The highest BCUT2D eigenvalue weighted by atomic mass is 16.5. The molecule has 1 unspecified atom stereocenters. The summed E-state index contributed by atoms with van der Waals surface area (Å²) in [6.45, 7) is 8.68. The summed E-state index contributed by atoms with van der Waals surface area (Å²) >= 11 is 0. The van der Waals surface area contributed by atoms with Gasteiger partial charge >= 0.3 is 0 Å². The average Bonchev–Trinajstić information content (AvgIpc) is 3.13. The van der Waals surface area contributed by atoms with Crippen LogP contribution in [0, 0.1) is 26.7 Å². The highest BCUT2D eigenvalue weighted by Crippen LogP contribution is 2.26. The molecule has 1 fully saturated rings. The number of benzene rings is 1. The fraction of sp³-hybridized carbons (Fsp3) is 0.526. The third kappa shape index (κ3) is 3.42. The lowest BCUT2D eigenvalue weighted by atomic mass is 10.0. The second-order valence-corrected chi connectivity index (χ2v) is 6.76. The molecule has 1 saturated heterocycles. The van der Waals surface area contributed by atoms with E-state index in [2.05, 4.69) is 36.3 Å². The molecular formula is C19H26N2O2. The van der Waals surface area contributed by atoms with Gasteiger partial charge in [-0.25, -0.2) is 0 Å². The van der Waals surface area contributed by atoms with Crippen molar-refractivity contribution in [3.8, 4) is 0 Å². The van der Waals surface area contributed by atoms with Crippen LogP contribution in [0.5, 0.6) is 0 Å². The molecule has 4 heteroatoms. The van der Waals surface area contributed by atoms with Gasteiger partial charge in [-0.1, -0.05) is 11.6 Å². The summed E-state index contributed by atoms with van der Waals surface area (Å²) in [4.78, 5) is 15.8. The molecule has 0 radical (unpaired) electrons. The zero-order valence-corrected chi connectivity index (χ0v) is 14.3. The van der Waals surface area contributed by atoms with Crippen LogP contribution in [0.25, 0.3) is 10.9 Å². The molecule has 1 atom stereocenters. The van der Waals surface area contributed by atoms with Gasteiger partial charge in [0.05, 0.1) is 0 Å². The molecule has 0 saturated carbocycles. The lowest BCUT2D eigenvalue weighted by molar-refractivity contribution is 0.0947. The summed E-state index contributed by atoms with van der Waals surface area (Å²) in [5.41, 5.74) is 5.21. The van der Waals surface area contributed by atoms with Gasteiger partial charge in [0.2, 0.25) is 0 Å². The zero-order chi connectivity index (χ0) is 16.4. The number of hydrogen-bond donors (Lipinski definition) is 2. The maximum absolute atomic E-state index is 12.5. The fourth-order valence-electron chi connectivity index (χ4n) is 3.50. The van der Waals surface area contributed by atoms with Crippen LogP contribution in [-0.4, -0.2) is 30.6 Å². The van der Waals surface area contributed by atoms with E-state index < -0.39 is 0 Å². The average molecular weight is 314 g/mol. The van der Waals surface area contributed by atoms with Gasteiger partial charge in [0.15, 0.2) is 0 Å². The van der Waals surface area contributed by atoms with Crippen molar-refractivity contribution in [1.82, 2.24) is 10.3 Å². The smallest absolute Gasteiger partial charge is 0.268 e. The Balaban J connectivity index is 1.64. The lowest BCUT2D eigenvalue weighted by Gasteiger charge is -2.08. The number of fused-ring (bicyclic) bond motifs is 1. The predicted molar refractivity (Wildman–Crippen MR) is 93.0 cm³/mol. The molecule has 0 aliphatic carbocycles. The summed E-state index contributed by atoms with van der Waals surface area (Å²) in [6, 6.07) is 4.29. The van der Waals surface area contributed by atoms with Gasteiger partial charge in [-0.05, 0) is 63.1 Å². The molecule has 1 aliphatic heterocycles. The molecule has 2 heterocycles. The molecule has 4 nitrogen and oxygen atoms in total. The number of carbonyl (C=O) groups excluding carboxylic acids is 1. The van der Waals surface area contributed by atoms with Crippen LogP contribution < -0.4 is 5.32 Å². The summed E-state index contributed by atoms with van der Waals surface area (Å²) in [7, 11) is 0. The number of H-pyrrole nitrogens is 1. The molecule has 3 rings (SSSR count). The number of ether oxygens (including phenoxy) is 1. The third-order valence-corrected chi connectivity index (χ3v) is 4.83. The molecule has 1 aliphatic rings. The third-order valence-electron chi connectivity index (χ3n) is 4.83. The Morgan fingerprint density at radius 2 is 2.17 bits per heavy atom. The van der Waals surface area contributed by atoms with Crippen molar-refractivity contribution in [2.24, 2.45) is 5.92 Å². The van der Waals surface area contributed by atoms with Crippen molar-refractivity contribution in [3.05, 3.63) is 34.5 Å². The first kappa shape index (κ1) is 16.1. The number of aromatic nitrogens is 1. The van der Waals surface area contributed by atoms with Crippen LogP contribution in [0.2, 0.25) is 0 Å². The molecule has 0 bridgehead atoms. The van der Waals surface area contributed by atoms with E-state index in [1.807, 2.05) is 6.92 Å². The summed E-state index contributed by atoms with van der Waals surface area (Å²) in [5, 5.41) is 4.20. The monoisotopic (exact) mass is 314 g/mol. The number of rotatable bonds is 5. The van der Waals surface area contributed by atoms with Crippen LogP contribution in [-0.2, 0) is 4.74 Å². The normalized spacial score (nSPS) is 17.8. The van der Waals surface area contributed by atoms with E-state index in [0.29, 0.717) is 11.6 Å². The van der Waals surface area contributed by atoms with Crippen molar-refractivity contribution < 1.29 is 9.53 Å². The maximum Gasteiger partial charge on any atom is 0.268 e. The maximum atomic E-state index is 12.5.